The Balaban J connectivity index is 3.03. The Morgan fingerprint density at radius 1 is 0.522 bits per heavy atom. The second-order valence-electron chi connectivity index (χ2n) is 7.61. The zero-order chi connectivity index (χ0) is 17.2. The normalized spacial score (nSPS) is 14.1. The summed E-state index contributed by atoms with van der Waals surface area (Å²) >= 11 is 0. The lowest BCUT2D eigenvalue weighted by molar-refractivity contribution is 0.480. The first-order chi connectivity index (χ1) is 11.2. The molecule has 0 radical (unpaired) electrons. The Morgan fingerprint density at radius 3 is 1.13 bits per heavy atom. The Bertz CT molecular complexity index is 216. The van der Waals surface area contributed by atoms with E-state index in [-0.39, 0.29) is 12.1 Å². The van der Waals surface area contributed by atoms with E-state index in [0.29, 0.717) is 0 Å². The molecule has 0 amide bonds. The first kappa shape index (κ1) is 22.9. The van der Waals surface area contributed by atoms with Crippen LogP contribution < -0.4 is 11.5 Å². The minimum Gasteiger partial charge on any atom is -0.327 e. The summed E-state index contributed by atoms with van der Waals surface area (Å²) in [7, 11) is 0. The van der Waals surface area contributed by atoms with Crippen molar-refractivity contribution < 1.29 is 0 Å². The van der Waals surface area contributed by atoms with Crippen LogP contribution in [0.1, 0.15) is 123 Å². The summed E-state index contributed by atoms with van der Waals surface area (Å²) in [6.45, 7) is 4.30. The molecule has 0 aromatic carbocycles. The first-order valence-electron chi connectivity index (χ1n) is 10.7. The minimum absolute atomic E-state index is 0.145. The van der Waals surface area contributed by atoms with E-state index < -0.39 is 0 Å². The van der Waals surface area contributed by atoms with Crippen LogP contribution in [0, 0.1) is 0 Å². The van der Waals surface area contributed by atoms with E-state index in [0.717, 1.165) is 6.42 Å². The van der Waals surface area contributed by atoms with E-state index in [1.807, 2.05) is 6.92 Å². The molecule has 0 aromatic heterocycles. The first-order valence-corrected chi connectivity index (χ1v) is 10.7. The van der Waals surface area contributed by atoms with Crippen LogP contribution >= 0.6 is 0 Å². The Morgan fingerprint density at radius 2 is 0.826 bits per heavy atom. The second-order valence-corrected chi connectivity index (χ2v) is 7.61. The zero-order valence-electron chi connectivity index (χ0n) is 16.3. The Kier molecular flexibility index (Phi) is 18.2. The average molecular weight is 327 g/mol. The van der Waals surface area contributed by atoms with Crippen molar-refractivity contribution in [2.75, 3.05) is 0 Å². The maximum atomic E-state index is 5.95. The highest BCUT2D eigenvalue weighted by Crippen LogP contribution is 2.14. The van der Waals surface area contributed by atoms with E-state index in [1.165, 1.54) is 103 Å². The van der Waals surface area contributed by atoms with Gasteiger partial charge in [-0.2, -0.15) is 0 Å². The van der Waals surface area contributed by atoms with Gasteiger partial charge in [0, 0.05) is 12.1 Å². The minimum atomic E-state index is 0.145. The van der Waals surface area contributed by atoms with Gasteiger partial charge < -0.3 is 11.5 Å². The van der Waals surface area contributed by atoms with Crippen LogP contribution in [0.5, 0.6) is 0 Å². The van der Waals surface area contributed by atoms with Crippen molar-refractivity contribution in [3.8, 4) is 0 Å². The standard InChI is InChI=1S/C21H46N2/c1-3-4-5-6-7-8-9-10-11-12-13-14-15-16-17-18-19-21(23)20(2)22/h20-21H,3-19,22-23H2,1-2H3. The van der Waals surface area contributed by atoms with Crippen LogP contribution in [0.2, 0.25) is 0 Å². The van der Waals surface area contributed by atoms with Gasteiger partial charge in [0.15, 0.2) is 0 Å². The van der Waals surface area contributed by atoms with Gasteiger partial charge in [0.2, 0.25) is 0 Å². The summed E-state index contributed by atoms with van der Waals surface area (Å²) in [5.74, 6) is 0. The third kappa shape index (κ3) is 18.1. The molecule has 140 valence electrons. The molecule has 0 aliphatic heterocycles. The smallest absolute Gasteiger partial charge is 0.0189 e. The highest BCUT2D eigenvalue weighted by Gasteiger charge is 2.06. The average Bonchev–Trinajstić information content (AvgIpc) is 2.54. The Hall–Kier alpha value is -0.0800. The zero-order valence-corrected chi connectivity index (χ0v) is 16.3. The van der Waals surface area contributed by atoms with E-state index in [1.54, 1.807) is 0 Å². The van der Waals surface area contributed by atoms with E-state index >= 15 is 0 Å². The quantitative estimate of drug-likeness (QED) is 0.290. The van der Waals surface area contributed by atoms with Crippen molar-refractivity contribution in [1.82, 2.24) is 0 Å². The van der Waals surface area contributed by atoms with Crippen molar-refractivity contribution in [2.45, 2.75) is 135 Å². The maximum absolute atomic E-state index is 5.95. The monoisotopic (exact) mass is 326 g/mol. The van der Waals surface area contributed by atoms with Gasteiger partial charge in [0.25, 0.3) is 0 Å². The van der Waals surface area contributed by atoms with E-state index in [4.69, 9.17) is 11.5 Å². The molecule has 0 bridgehead atoms. The fourth-order valence-electron chi connectivity index (χ4n) is 3.19. The predicted octanol–water partition coefficient (Wildman–Crippen LogP) is 6.31. The molecule has 0 aliphatic carbocycles. The summed E-state index contributed by atoms with van der Waals surface area (Å²) in [4.78, 5) is 0. The molecule has 0 aromatic rings. The van der Waals surface area contributed by atoms with Gasteiger partial charge in [-0.1, -0.05) is 110 Å². The highest BCUT2D eigenvalue weighted by molar-refractivity contribution is 4.70. The summed E-state index contributed by atoms with van der Waals surface area (Å²) < 4.78 is 0. The molecule has 23 heavy (non-hydrogen) atoms. The summed E-state index contributed by atoms with van der Waals surface area (Å²) in [5.41, 5.74) is 11.7. The van der Waals surface area contributed by atoms with Crippen molar-refractivity contribution in [2.24, 2.45) is 11.5 Å². The van der Waals surface area contributed by atoms with Gasteiger partial charge in [-0.05, 0) is 13.3 Å². The summed E-state index contributed by atoms with van der Waals surface area (Å²) in [5, 5.41) is 0. The molecule has 0 rings (SSSR count). The van der Waals surface area contributed by atoms with Crippen LogP contribution in [0.25, 0.3) is 0 Å². The number of unbranched alkanes of at least 4 members (excludes halogenated alkanes) is 15. The molecule has 0 spiro atoms. The van der Waals surface area contributed by atoms with E-state index in [2.05, 4.69) is 6.92 Å². The van der Waals surface area contributed by atoms with Crippen molar-refractivity contribution in [1.29, 1.82) is 0 Å². The van der Waals surface area contributed by atoms with Crippen LogP contribution in [0.3, 0.4) is 0 Å². The third-order valence-electron chi connectivity index (χ3n) is 5.07. The maximum Gasteiger partial charge on any atom is 0.0189 e. The molecule has 0 saturated heterocycles. The molecule has 2 heteroatoms. The van der Waals surface area contributed by atoms with Crippen molar-refractivity contribution >= 4 is 0 Å². The molecule has 0 heterocycles. The SMILES string of the molecule is CCCCCCCCCCCCCCCCCCC(N)C(C)N. The van der Waals surface area contributed by atoms with Gasteiger partial charge in [-0.3, -0.25) is 0 Å². The van der Waals surface area contributed by atoms with Gasteiger partial charge in [-0.15, -0.1) is 0 Å². The summed E-state index contributed by atoms with van der Waals surface area (Å²) in [6.07, 6.45) is 23.8. The van der Waals surface area contributed by atoms with Gasteiger partial charge in [-0.25, -0.2) is 0 Å². The summed E-state index contributed by atoms with van der Waals surface area (Å²) in [6, 6.07) is 0.341. The lowest BCUT2D eigenvalue weighted by Gasteiger charge is -2.14. The van der Waals surface area contributed by atoms with E-state index in [9.17, 15) is 0 Å². The fourth-order valence-corrected chi connectivity index (χ4v) is 3.19. The van der Waals surface area contributed by atoms with Crippen molar-refractivity contribution in [3.63, 3.8) is 0 Å². The number of hydrogen-bond donors (Lipinski definition) is 2. The molecular weight excluding hydrogens is 280 g/mol. The molecule has 0 fully saturated rings. The van der Waals surface area contributed by atoms with Crippen LogP contribution in [0.4, 0.5) is 0 Å². The lowest BCUT2D eigenvalue weighted by atomic mass is 10.0. The predicted molar refractivity (Wildman–Crippen MR) is 106 cm³/mol. The van der Waals surface area contributed by atoms with Gasteiger partial charge >= 0.3 is 0 Å². The molecule has 0 saturated carbocycles. The van der Waals surface area contributed by atoms with Crippen LogP contribution in [0.15, 0.2) is 0 Å². The molecule has 0 aliphatic rings. The molecule has 2 atom stereocenters. The largest absolute Gasteiger partial charge is 0.327 e. The molecule has 4 N–H and O–H groups in total. The van der Waals surface area contributed by atoms with Crippen LogP contribution in [-0.4, -0.2) is 12.1 Å². The van der Waals surface area contributed by atoms with Gasteiger partial charge in [0.05, 0.1) is 0 Å². The number of nitrogens with two attached hydrogens (primary N) is 2. The number of rotatable bonds is 18. The van der Waals surface area contributed by atoms with Gasteiger partial charge in [0.1, 0.15) is 0 Å². The molecule has 2 unspecified atom stereocenters. The van der Waals surface area contributed by atoms with Crippen LogP contribution in [-0.2, 0) is 0 Å². The van der Waals surface area contributed by atoms with Crippen molar-refractivity contribution in [3.05, 3.63) is 0 Å². The highest BCUT2D eigenvalue weighted by atomic mass is 14.8. The topological polar surface area (TPSA) is 52.0 Å². The number of hydrogen-bond acceptors (Lipinski definition) is 2. The third-order valence-corrected chi connectivity index (χ3v) is 5.07. The fraction of sp³-hybridized carbons (Fsp3) is 1.00. The second kappa shape index (κ2) is 18.3. The Labute approximate surface area is 147 Å². The lowest BCUT2D eigenvalue weighted by Crippen LogP contribution is -2.38. The molecule has 2 nitrogen and oxygen atoms in total. The molecular formula is C21H46N2.